The minimum absolute atomic E-state index is 0. The number of halogens is 1. The Morgan fingerprint density at radius 3 is 2.64 bits per heavy atom. The molecule has 0 amide bonds. The van der Waals surface area contributed by atoms with Crippen LogP contribution in [0, 0.1) is 12.8 Å². The predicted molar refractivity (Wildman–Crippen MR) is 122 cm³/mol. The average molecular weight is 478 g/mol. The van der Waals surface area contributed by atoms with E-state index in [9.17, 15) is 0 Å². The average Bonchev–Trinajstić information content (AvgIpc) is 2.98. The van der Waals surface area contributed by atoms with Crippen molar-refractivity contribution in [2.45, 2.75) is 52.5 Å². The SMILES string of the molecule is CCCN1CCC(CNC(=NC)NC(C)Cc2ccc(C)s2)CC1.I. The van der Waals surface area contributed by atoms with Crippen molar-refractivity contribution in [1.29, 1.82) is 0 Å². The van der Waals surface area contributed by atoms with Gasteiger partial charge in [0.05, 0.1) is 0 Å². The summed E-state index contributed by atoms with van der Waals surface area (Å²) in [5.74, 6) is 1.71. The Morgan fingerprint density at radius 2 is 2.08 bits per heavy atom. The van der Waals surface area contributed by atoms with Crippen LogP contribution >= 0.6 is 35.3 Å². The van der Waals surface area contributed by atoms with E-state index >= 15 is 0 Å². The maximum Gasteiger partial charge on any atom is 0.191 e. The Hall–Kier alpha value is -0.340. The molecule has 1 aliphatic rings. The second-order valence-electron chi connectivity index (χ2n) is 7.00. The van der Waals surface area contributed by atoms with Gasteiger partial charge in [0, 0.05) is 35.8 Å². The normalized spacial score (nSPS) is 17.8. The van der Waals surface area contributed by atoms with Crippen molar-refractivity contribution in [3.63, 3.8) is 0 Å². The lowest BCUT2D eigenvalue weighted by Crippen LogP contribution is -2.46. The van der Waals surface area contributed by atoms with Crippen LogP contribution in [0.2, 0.25) is 0 Å². The summed E-state index contributed by atoms with van der Waals surface area (Å²) >= 11 is 1.89. The van der Waals surface area contributed by atoms with Gasteiger partial charge < -0.3 is 15.5 Å². The van der Waals surface area contributed by atoms with E-state index < -0.39 is 0 Å². The van der Waals surface area contributed by atoms with E-state index in [-0.39, 0.29) is 24.0 Å². The highest BCUT2D eigenvalue weighted by Gasteiger charge is 2.18. The Morgan fingerprint density at radius 1 is 1.36 bits per heavy atom. The fraction of sp³-hybridized carbons (Fsp3) is 0.737. The number of aryl methyl sites for hydroxylation is 1. The molecule has 0 radical (unpaired) electrons. The van der Waals surface area contributed by atoms with Crippen LogP contribution in [0.5, 0.6) is 0 Å². The fourth-order valence-corrected chi connectivity index (χ4v) is 4.37. The molecular formula is C19H35IN4S. The van der Waals surface area contributed by atoms with Crippen molar-refractivity contribution in [2.75, 3.05) is 33.2 Å². The molecule has 1 atom stereocenters. The second-order valence-corrected chi connectivity index (χ2v) is 8.37. The number of thiophene rings is 1. The van der Waals surface area contributed by atoms with Crippen LogP contribution in [0.4, 0.5) is 0 Å². The molecule has 1 saturated heterocycles. The lowest BCUT2D eigenvalue weighted by atomic mass is 9.97. The molecule has 1 fully saturated rings. The third-order valence-corrected chi connectivity index (χ3v) is 5.74. The Labute approximate surface area is 174 Å². The standard InChI is InChI=1S/C19H34N4S.HI/c1-5-10-23-11-8-17(9-12-23)14-21-19(20-4)22-15(2)13-18-7-6-16(3)24-18;/h6-7,15,17H,5,8-14H2,1-4H3,(H2,20,21,22);1H. The molecule has 1 aliphatic heterocycles. The molecule has 0 saturated carbocycles. The van der Waals surface area contributed by atoms with Gasteiger partial charge in [-0.05, 0) is 70.8 Å². The van der Waals surface area contributed by atoms with Gasteiger partial charge in [0.1, 0.15) is 0 Å². The number of nitrogens with one attached hydrogen (secondary N) is 2. The molecule has 144 valence electrons. The van der Waals surface area contributed by atoms with Gasteiger partial charge in [0.25, 0.3) is 0 Å². The summed E-state index contributed by atoms with van der Waals surface area (Å²) in [6, 6.07) is 4.82. The van der Waals surface area contributed by atoms with Crippen LogP contribution in [-0.4, -0.2) is 50.1 Å². The van der Waals surface area contributed by atoms with Crippen LogP contribution in [-0.2, 0) is 6.42 Å². The Balaban J connectivity index is 0.00000312. The van der Waals surface area contributed by atoms with E-state index in [4.69, 9.17) is 0 Å². The van der Waals surface area contributed by atoms with Crippen LogP contribution < -0.4 is 10.6 Å². The van der Waals surface area contributed by atoms with Gasteiger partial charge in [-0.2, -0.15) is 0 Å². The summed E-state index contributed by atoms with van der Waals surface area (Å²) in [4.78, 5) is 9.80. The predicted octanol–water partition coefficient (Wildman–Crippen LogP) is 3.89. The number of likely N-dealkylation sites (tertiary alicyclic amines) is 1. The highest BCUT2D eigenvalue weighted by molar-refractivity contribution is 14.0. The summed E-state index contributed by atoms with van der Waals surface area (Å²) in [5.41, 5.74) is 0. The van der Waals surface area contributed by atoms with Crippen LogP contribution in [0.15, 0.2) is 17.1 Å². The van der Waals surface area contributed by atoms with Crippen LogP contribution in [0.3, 0.4) is 0 Å². The van der Waals surface area contributed by atoms with Gasteiger partial charge in [0.15, 0.2) is 5.96 Å². The van der Waals surface area contributed by atoms with Gasteiger partial charge in [-0.3, -0.25) is 4.99 Å². The molecular weight excluding hydrogens is 443 g/mol. The highest BCUT2D eigenvalue weighted by atomic mass is 127. The number of hydrogen-bond donors (Lipinski definition) is 2. The molecule has 0 aromatic carbocycles. The largest absolute Gasteiger partial charge is 0.356 e. The number of nitrogens with zero attached hydrogens (tertiary/aromatic N) is 2. The smallest absolute Gasteiger partial charge is 0.191 e. The molecule has 1 unspecified atom stereocenters. The number of aliphatic imine (C=N–C) groups is 1. The maximum absolute atomic E-state index is 4.39. The zero-order chi connectivity index (χ0) is 17.4. The number of guanidine groups is 1. The molecule has 2 N–H and O–H groups in total. The van der Waals surface area contributed by atoms with Crippen molar-refractivity contribution >= 4 is 41.3 Å². The van der Waals surface area contributed by atoms with Crippen molar-refractivity contribution in [1.82, 2.24) is 15.5 Å². The molecule has 1 aromatic heterocycles. The third kappa shape index (κ3) is 8.26. The van der Waals surface area contributed by atoms with E-state index in [2.05, 4.69) is 53.4 Å². The molecule has 0 bridgehead atoms. The molecule has 0 spiro atoms. The topological polar surface area (TPSA) is 39.7 Å². The van der Waals surface area contributed by atoms with Crippen molar-refractivity contribution in [3.8, 4) is 0 Å². The minimum atomic E-state index is 0. The Kier molecular flexibility index (Phi) is 11.0. The first-order chi connectivity index (χ1) is 11.6. The molecule has 2 rings (SSSR count). The first-order valence-corrected chi connectivity index (χ1v) is 10.2. The molecule has 0 aliphatic carbocycles. The number of piperidine rings is 1. The second kappa shape index (κ2) is 12.1. The molecule has 1 aromatic rings. The van der Waals surface area contributed by atoms with E-state index in [0.717, 1.165) is 24.8 Å². The van der Waals surface area contributed by atoms with Gasteiger partial charge in [0.2, 0.25) is 0 Å². The zero-order valence-corrected chi connectivity index (χ0v) is 19.3. The van der Waals surface area contributed by atoms with Crippen molar-refractivity contribution in [3.05, 3.63) is 21.9 Å². The van der Waals surface area contributed by atoms with E-state index in [1.807, 2.05) is 18.4 Å². The number of rotatable bonds is 7. The Bertz CT molecular complexity index is 509. The first kappa shape index (κ1) is 22.7. The monoisotopic (exact) mass is 478 g/mol. The van der Waals surface area contributed by atoms with Gasteiger partial charge in [-0.1, -0.05) is 6.92 Å². The quantitative estimate of drug-likeness (QED) is 0.355. The van der Waals surface area contributed by atoms with Crippen LogP contribution in [0.25, 0.3) is 0 Å². The van der Waals surface area contributed by atoms with E-state index in [0.29, 0.717) is 6.04 Å². The third-order valence-electron chi connectivity index (χ3n) is 4.72. The lowest BCUT2D eigenvalue weighted by Gasteiger charge is -2.32. The van der Waals surface area contributed by atoms with Gasteiger partial charge in [-0.25, -0.2) is 0 Å². The fourth-order valence-electron chi connectivity index (χ4n) is 3.35. The van der Waals surface area contributed by atoms with Gasteiger partial charge >= 0.3 is 0 Å². The first-order valence-electron chi connectivity index (χ1n) is 9.35. The highest BCUT2D eigenvalue weighted by Crippen LogP contribution is 2.17. The molecule has 6 heteroatoms. The van der Waals surface area contributed by atoms with Crippen molar-refractivity contribution in [2.24, 2.45) is 10.9 Å². The summed E-state index contributed by atoms with van der Waals surface area (Å²) in [6.45, 7) is 11.4. The van der Waals surface area contributed by atoms with Crippen molar-refractivity contribution < 1.29 is 0 Å². The summed E-state index contributed by atoms with van der Waals surface area (Å²) in [7, 11) is 1.86. The zero-order valence-electron chi connectivity index (χ0n) is 16.2. The summed E-state index contributed by atoms with van der Waals surface area (Å²) in [5, 5.41) is 7.06. The maximum atomic E-state index is 4.39. The molecule has 2 heterocycles. The summed E-state index contributed by atoms with van der Waals surface area (Å²) in [6.07, 6.45) is 4.91. The van der Waals surface area contributed by atoms with E-state index in [1.165, 1.54) is 48.7 Å². The van der Waals surface area contributed by atoms with E-state index in [1.54, 1.807) is 0 Å². The minimum Gasteiger partial charge on any atom is -0.356 e. The summed E-state index contributed by atoms with van der Waals surface area (Å²) < 4.78 is 0. The van der Waals surface area contributed by atoms with Gasteiger partial charge in [-0.15, -0.1) is 35.3 Å². The number of hydrogen-bond acceptors (Lipinski definition) is 3. The lowest BCUT2D eigenvalue weighted by molar-refractivity contribution is 0.185. The molecule has 4 nitrogen and oxygen atoms in total. The molecule has 25 heavy (non-hydrogen) atoms. The van der Waals surface area contributed by atoms with Crippen LogP contribution in [0.1, 0.15) is 42.9 Å².